The molecule has 3 N–H and O–H groups in total. The molecule has 4 nitrogen and oxygen atoms in total. The molecule has 3 heterocycles. The molecule has 2 fully saturated rings. The predicted octanol–water partition coefficient (Wildman–Crippen LogP) is 2.81. The van der Waals surface area contributed by atoms with Gasteiger partial charge in [0.25, 0.3) is 0 Å². The minimum atomic E-state index is -0.563. The van der Waals surface area contributed by atoms with Crippen LogP contribution in [0.4, 0.5) is 4.39 Å². The maximum Gasteiger partial charge on any atom is 0.184 e. The second-order valence-electron chi connectivity index (χ2n) is 6.28. The van der Waals surface area contributed by atoms with Gasteiger partial charge in [0.1, 0.15) is 0 Å². The van der Waals surface area contributed by atoms with E-state index < -0.39 is 5.82 Å². The quantitative estimate of drug-likeness (QED) is 0.762. The lowest BCUT2D eigenvalue weighted by atomic mass is 9.99. The summed E-state index contributed by atoms with van der Waals surface area (Å²) in [5, 5.41) is 13.6. The van der Waals surface area contributed by atoms with Crippen LogP contribution in [0, 0.1) is 17.7 Å². The molecule has 1 saturated carbocycles. The second-order valence-corrected chi connectivity index (χ2v) is 6.64. The zero-order chi connectivity index (χ0) is 15.6. The van der Waals surface area contributed by atoms with Crippen LogP contribution in [-0.4, -0.2) is 28.2 Å². The third-order valence-electron chi connectivity index (χ3n) is 4.96. The molecule has 2 aromatic heterocycles. The molecule has 0 amide bonds. The van der Waals surface area contributed by atoms with Crippen LogP contribution in [0.2, 0.25) is 5.15 Å². The number of hydrogen-bond donors (Lipinski definition) is 3. The minimum absolute atomic E-state index is 0.153. The molecular formula is C16H17ClFN3O. The van der Waals surface area contributed by atoms with Crippen molar-refractivity contribution < 1.29 is 9.50 Å². The lowest BCUT2D eigenvalue weighted by Crippen LogP contribution is -2.14. The molecule has 6 heteroatoms. The molecule has 22 heavy (non-hydrogen) atoms. The van der Waals surface area contributed by atoms with Gasteiger partial charge >= 0.3 is 0 Å². The lowest BCUT2D eigenvalue weighted by molar-refractivity contribution is 0.276. The Morgan fingerprint density at radius 3 is 2.73 bits per heavy atom. The van der Waals surface area contributed by atoms with Crippen molar-refractivity contribution in [3.8, 4) is 0 Å². The van der Waals surface area contributed by atoms with Gasteiger partial charge in [0.05, 0.1) is 17.8 Å². The number of allylic oxidation sites excluding steroid dienone is 1. The number of nitrogens with one attached hydrogen (secondary N) is 2. The molecule has 0 aromatic carbocycles. The highest BCUT2D eigenvalue weighted by Gasteiger charge is 2.55. The first-order chi connectivity index (χ1) is 10.5. The number of piperidine rings is 1. The molecule has 1 aliphatic heterocycles. The third-order valence-corrected chi connectivity index (χ3v) is 5.21. The number of H-pyrrole nitrogens is 1. The maximum absolute atomic E-state index is 14.4. The lowest BCUT2D eigenvalue weighted by Gasteiger charge is -2.09. The Labute approximate surface area is 132 Å². The van der Waals surface area contributed by atoms with Crippen LogP contribution in [0.1, 0.15) is 29.8 Å². The van der Waals surface area contributed by atoms with Crippen LogP contribution in [0.25, 0.3) is 16.5 Å². The number of pyridine rings is 1. The van der Waals surface area contributed by atoms with Crippen molar-refractivity contribution >= 4 is 28.1 Å². The van der Waals surface area contributed by atoms with Gasteiger partial charge in [-0.2, -0.15) is 0 Å². The van der Waals surface area contributed by atoms with E-state index in [4.69, 9.17) is 11.6 Å². The van der Waals surface area contributed by atoms with E-state index in [0.29, 0.717) is 34.7 Å². The molecule has 4 rings (SSSR count). The number of aromatic nitrogens is 2. The highest BCUT2D eigenvalue weighted by atomic mass is 35.5. The molecular weight excluding hydrogens is 305 g/mol. The zero-order valence-corrected chi connectivity index (χ0v) is 13.0. The fourth-order valence-electron chi connectivity index (χ4n) is 3.93. The number of aliphatic hydroxyl groups excluding tert-OH is 1. The van der Waals surface area contributed by atoms with Crippen LogP contribution < -0.4 is 5.32 Å². The third kappa shape index (κ3) is 1.79. The standard InChI is InChI=1S/C16H17ClFN3O/c1-6(2)14-12-11(10-7-3-19-4-8(7)10)9(5-22)20-15(12)13(18)16(17)21-14/h7-8,10,19-20,22H,1,3-5H2,2H3/t7-,8+,10?. The topological polar surface area (TPSA) is 60.9 Å². The van der Waals surface area contributed by atoms with Crippen LogP contribution >= 0.6 is 11.6 Å². The summed E-state index contributed by atoms with van der Waals surface area (Å²) in [4.78, 5) is 7.20. The number of fused-ring (bicyclic) bond motifs is 2. The van der Waals surface area contributed by atoms with Gasteiger partial charge in [0.15, 0.2) is 11.0 Å². The first kappa shape index (κ1) is 14.2. The first-order valence-electron chi connectivity index (χ1n) is 7.41. The van der Waals surface area contributed by atoms with Gasteiger partial charge in [-0.15, -0.1) is 0 Å². The van der Waals surface area contributed by atoms with Gasteiger partial charge in [-0.3, -0.25) is 0 Å². The van der Waals surface area contributed by atoms with Gasteiger partial charge in [0, 0.05) is 11.1 Å². The van der Waals surface area contributed by atoms with Gasteiger partial charge in [0.2, 0.25) is 0 Å². The van der Waals surface area contributed by atoms with Crippen LogP contribution in [0.5, 0.6) is 0 Å². The van der Waals surface area contributed by atoms with Crippen LogP contribution in [-0.2, 0) is 6.61 Å². The highest BCUT2D eigenvalue weighted by molar-refractivity contribution is 6.30. The number of hydrogen-bond acceptors (Lipinski definition) is 3. The second kappa shape index (κ2) is 4.78. The van der Waals surface area contributed by atoms with E-state index in [-0.39, 0.29) is 11.8 Å². The van der Waals surface area contributed by atoms with Crippen molar-refractivity contribution in [1.29, 1.82) is 0 Å². The van der Waals surface area contributed by atoms with E-state index in [9.17, 15) is 9.50 Å². The molecule has 1 aliphatic carbocycles. The SMILES string of the molecule is C=C(C)c1nc(Cl)c(F)c2[nH]c(CO)c(C3[C@H]4CNC[C@@H]34)c12. The van der Waals surface area contributed by atoms with E-state index in [2.05, 4.69) is 21.9 Å². The van der Waals surface area contributed by atoms with Gasteiger partial charge in [-0.25, -0.2) is 9.37 Å². The number of nitrogens with zero attached hydrogens (tertiary/aromatic N) is 1. The minimum Gasteiger partial charge on any atom is -0.390 e. The number of halogens is 2. The monoisotopic (exact) mass is 321 g/mol. The molecule has 0 bridgehead atoms. The molecule has 3 atom stereocenters. The van der Waals surface area contributed by atoms with E-state index in [1.807, 2.05) is 6.92 Å². The summed E-state index contributed by atoms with van der Waals surface area (Å²) in [6.45, 7) is 7.57. The Kier molecular flexibility index (Phi) is 3.08. The fraction of sp³-hybridized carbons (Fsp3) is 0.438. The molecule has 1 unspecified atom stereocenters. The normalized spacial score (nSPS) is 26.5. The number of aliphatic hydroxyl groups is 1. The number of aromatic amines is 1. The predicted molar refractivity (Wildman–Crippen MR) is 84.3 cm³/mol. The highest BCUT2D eigenvalue weighted by Crippen LogP contribution is 2.58. The van der Waals surface area contributed by atoms with E-state index in [1.165, 1.54) is 0 Å². The van der Waals surface area contributed by atoms with Crippen molar-refractivity contribution in [3.05, 3.63) is 34.5 Å². The summed E-state index contributed by atoms with van der Waals surface area (Å²) < 4.78 is 14.4. The summed E-state index contributed by atoms with van der Waals surface area (Å²) >= 11 is 5.91. The molecule has 2 aromatic rings. The van der Waals surface area contributed by atoms with Crippen molar-refractivity contribution in [2.75, 3.05) is 13.1 Å². The molecule has 116 valence electrons. The van der Waals surface area contributed by atoms with Gasteiger partial charge in [-0.1, -0.05) is 18.2 Å². The Bertz CT molecular complexity index is 791. The maximum atomic E-state index is 14.4. The van der Waals surface area contributed by atoms with Crippen molar-refractivity contribution in [2.45, 2.75) is 19.4 Å². The van der Waals surface area contributed by atoms with E-state index in [0.717, 1.165) is 29.6 Å². The zero-order valence-electron chi connectivity index (χ0n) is 12.2. The van der Waals surface area contributed by atoms with Crippen molar-refractivity contribution in [3.63, 3.8) is 0 Å². The average molecular weight is 322 g/mol. The summed E-state index contributed by atoms with van der Waals surface area (Å²) in [5.41, 5.74) is 3.34. The van der Waals surface area contributed by atoms with Crippen molar-refractivity contribution in [2.24, 2.45) is 11.8 Å². The molecule has 0 spiro atoms. The number of rotatable bonds is 3. The van der Waals surface area contributed by atoms with Crippen LogP contribution in [0.15, 0.2) is 6.58 Å². The van der Waals surface area contributed by atoms with E-state index in [1.54, 1.807) is 0 Å². The molecule has 0 radical (unpaired) electrons. The van der Waals surface area contributed by atoms with Crippen LogP contribution in [0.3, 0.4) is 0 Å². The van der Waals surface area contributed by atoms with Crippen molar-refractivity contribution in [1.82, 2.24) is 15.3 Å². The summed E-state index contributed by atoms with van der Waals surface area (Å²) in [6.07, 6.45) is 0. The first-order valence-corrected chi connectivity index (χ1v) is 7.79. The smallest absolute Gasteiger partial charge is 0.184 e. The molecule has 2 aliphatic rings. The molecule has 1 saturated heterocycles. The Hall–Kier alpha value is -1.43. The Balaban J connectivity index is 2.02. The largest absolute Gasteiger partial charge is 0.390 e. The summed E-state index contributed by atoms with van der Waals surface area (Å²) in [6, 6.07) is 0. The van der Waals surface area contributed by atoms with Gasteiger partial charge in [-0.05, 0) is 48.9 Å². The average Bonchev–Trinajstić information content (AvgIpc) is 2.89. The fourth-order valence-corrected chi connectivity index (χ4v) is 4.11. The Morgan fingerprint density at radius 2 is 2.14 bits per heavy atom. The summed E-state index contributed by atoms with van der Waals surface area (Å²) in [7, 11) is 0. The van der Waals surface area contributed by atoms with Gasteiger partial charge < -0.3 is 15.4 Å². The van der Waals surface area contributed by atoms with E-state index >= 15 is 0 Å². The summed E-state index contributed by atoms with van der Waals surface area (Å²) in [5.74, 6) is 0.895. The Morgan fingerprint density at radius 1 is 1.45 bits per heavy atom.